The van der Waals surface area contributed by atoms with Crippen LogP contribution in [0.1, 0.15) is 31.7 Å². The predicted molar refractivity (Wildman–Crippen MR) is 80.7 cm³/mol. The molecule has 3 N–H and O–H groups in total. The van der Waals surface area contributed by atoms with Crippen LogP contribution in [0.15, 0.2) is 24.3 Å². The summed E-state index contributed by atoms with van der Waals surface area (Å²) in [5, 5.41) is 15.2. The van der Waals surface area contributed by atoms with Gasteiger partial charge < -0.3 is 15.7 Å². The lowest BCUT2D eigenvalue weighted by atomic mass is 9.80. The molecule has 1 aliphatic rings. The van der Waals surface area contributed by atoms with E-state index < -0.39 is 0 Å². The van der Waals surface area contributed by atoms with Gasteiger partial charge in [0.05, 0.1) is 0 Å². The van der Waals surface area contributed by atoms with Crippen LogP contribution in [0, 0.1) is 5.41 Å². The summed E-state index contributed by atoms with van der Waals surface area (Å²) in [6.07, 6.45) is 3.34. The molecule has 0 spiro atoms. The van der Waals surface area contributed by atoms with Crippen LogP contribution in [0.3, 0.4) is 0 Å². The van der Waals surface area contributed by atoms with E-state index >= 15 is 0 Å². The Labute approximate surface area is 120 Å². The first-order chi connectivity index (χ1) is 9.64. The van der Waals surface area contributed by atoms with Crippen molar-refractivity contribution in [3.63, 3.8) is 0 Å². The van der Waals surface area contributed by atoms with Gasteiger partial charge in [0.25, 0.3) is 0 Å². The first kappa shape index (κ1) is 15.0. The van der Waals surface area contributed by atoms with Crippen molar-refractivity contribution < 1.29 is 9.90 Å². The number of hydrogen-bond donors (Lipinski definition) is 3. The van der Waals surface area contributed by atoms with Gasteiger partial charge in [-0.15, -0.1) is 0 Å². The highest BCUT2D eigenvalue weighted by atomic mass is 16.2. The van der Waals surface area contributed by atoms with Gasteiger partial charge in [-0.2, -0.15) is 0 Å². The Hall–Kier alpha value is -1.39. The lowest BCUT2D eigenvalue weighted by Gasteiger charge is -2.32. The predicted octanol–water partition coefficient (Wildman–Crippen LogP) is 1.94. The van der Waals surface area contributed by atoms with Gasteiger partial charge in [-0.25, -0.2) is 0 Å². The number of aliphatic hydroxyl groups excluding tert-OH is 1. The topological polar surface area (TPSA) is 61.4 Å². The molecule has 0 unspecified atom stereocenters. The number of rotatable bonds is 5. The second kappa shape index (κ2) is 6.86. The van der Waals surface area contributed by atoms with Gasteiger partial charge in [0.1, 0.15) is 0 Å². The standard InChI is InChI=1S/C16H24N2O2/c1-16(7-9-17-10-8-16)15(20)18-14-6-2-4-13(12-14)5-3-11-19/h2,4,6,12,17,19H,3,5,7-11H2,1H3,(H,18,20). The van der Waals surface area contributed by atoms with Crippen molar-refractivity contribution in [3.8, 4) is 0 Å². The maximum Gasteiger partial charge on any atom is 0.230 e. The van der Waals surface area contributed by atoms with Crippen molar-refractivity contribution in [1.29, 1.82) is 0 Å². The number of nitrogens with one attached hydrogen (secondary N) is 2. The molecule has 0 radical (unpaired) electrons. The summed E-state index contributed by atoms with van der Waals surface area (Å²) >= 11 is 0. The molecule has 0 aliphatic carbocycles. The number of carbonyl (C=O) groups is 1. The van der Waals surface area contributed by atoms with Gasteiger partial charge in [0.15, 0.2) is 0 Å². The minimum Gasteiger partial charge on any atom is -0.396 e. The fraction of sp³-hybridized carbons (Fsp3) is 0.562. The average Bonchev–Trinajstić information content (AvgIpc) is 2.46. The summed E-state index contributed by atoms with van der Waals surface area (Å²) in [5.74, 6) is 0.110. The molecule has 0 aromatic heterocycles. The molecule has 20 heavy (non-hydrogen) atoms. The third kappa shape index (κ3) is 3.81. The number of aliphatic hydroxyl groups is 1. The number of hydrogen-bond acceptors (Lipinski definition) is 3. The van der Waals surface area contributed by atoms with E-state index in [-0.39, 0.29) is 17.9 Å². The zero-order valence-corrected chi connectivity index (χ0v) is 12.1. The molecule has 1 amide bonds. The summed E-state index contributed by atoms with van der Waals surface area (Å²) in [6.45, 7) is 4.04. The Morgan fingerprint density at radius 1 is 1.40 bits per heavy atom. The quantitative estimate of drug-likeness (QED) is 0.770. The molecule has 1 fully saturated rings. The van der Waals surface area contributed by atoms with Crippen molar-refractivity contribution in [2.75, 3.05) is 25.0 Å². The molecule has 1 saturated heterocycles. The van der Waals surface area contributed by atoms with Crippen LogP contribution in [0.5, 0.6) is 0 Å². The molecule has 1 aromatic rings. The van der Waals surface area contributed by atoms with Gasteiger partial charge >= 0.3 is 0 Å². The molecule has 2 rings (SSSR count). The van der Waals surface area contributed by atoms with Crippen molar-refractivity contribution in [2.24, 2.45) is 5.41 Å². The third-order valence-electron chi connectivity index (χ3n) is 4.06. The Kier molecular flexibility index (Phi) is 5.15. The zero-order chi connectivity index (χ0) is 14.4. The lowest BCUT2D eigenvalue weighted by molar-refractivity contribution is -0.126. The summed E-state index contributed by atoms with van der Waals surface area (Å²) < 4.78 is 0. The molecular formula is C16H24N2O2. The van der Waals surface area contributed by atoms with E-state index in [9.17, 15) is 4.79 Å². The molecular weight excluding hydrogens is 252 g/mol. The highest BCUT2D eigenvalue weighted by Gasteiger charge is 2.34. The highest BCUT2D eigenvalue weighted by Crippen LogP contribution is 2.29. The summed E-state index contributed by atoms with van der Waals surface area (Å²) in [4.78, 5) is 12.4. The summed E-state index contributed by atoms with van der Waals surface area (Å²) in [5.41, 5.74) is 1.73. The smallest absolute Gasteiger partial charge is 0.230 e. The second-order valence-electron chi connectivity index (χ2n) is 5.79. The summed E-state index contributed by atoms with van der Waals surface area (Å²) in [6, 6.07) is 7.90. The minimum atomic E-state index is -0.271. The molecule has 0 saturated carbocycles. The molecule has 0 bridgehead atoms. The fourth-order valence-electron chi connectivity index (χ4n) is 2.58. The average molecular weight is 276 g/mol. The van der Waals surface area contributed by atoms with E-state index in [1.807, 2.05) is 31.2 Å². The maximum absolute atomic E-state index is 12.4. The molecule has 1 heterocycles. The van der Waals surface area contributed by atoms with E-state index in [2.05, 4.69) is 10.6 Å². The normalized spacial score (nSPS) is 17.7. The van der Waals surface area contributed by atoms with Gasteiger partial charge in [0.2, 0.25) is 5.91 Å². The van der Waals surface area contributed by atoms with E-state index in [4.69, 9.17) is 5.11 Å². The van der Waals surface area contributed by atoms with Crippen LogP contribution in [0.4, 0.5) is 5.69 Å². The third-order valence-corrected chi connectivity index (χ3v) is 4.06. The van der Waals surface area contributed by atoms with Crippen molar-refractivity contribution in [3.05, 3.63) is 29.8 Å². The van der Waals surface area contributed by atoms with Gasteiger partial charge in [-0.3, -0.25) is 4.79 Å². The van der Waals surface area contributed by atoms with Crippen LogP contribution < -0.4 is 10.6 Å². The number of aryl methyl sites for hydroxylation is 1. The Bertz CT molecular complexity index is 454. The number of piperidine rings is 1. The van der Waals surface area contributed by atoms with Crippen molar-refractivity contribution in [1.82, 2.24) is 5.32 Å². The monoisotopic (exact) mass is 276 g/mol. The van der Waals surface area contributed by atoms with E-state index in [0.29, 0.717) is 0 Å². The van der Waals surface area contributed by atoms with Gasteiger partial charge in [0, 0.05) is 17.7 Å². The SMILES string of the molecule is CC1(C(=O)Nc2cccc(CCCO)c2)CCNCC1. The van der Waals surface area contributed by atoms with Crippen LogP contribution in [0.25, 0.3) is 0 Å². The maximum atomic E-state index is 12.4. The van der Waals surface area contributed by atoms with Crippen molar-refractivity contribution >= 4 is 11.6 Å². The summed E-state index contributed by atoms with van der Waals surface area (Å²) in [7, 11) is 0. The van der Waals surface area contributed by atoms with E-state index in [1.54, 1.807) is 0 Å². The molecule has 4 heteroatoms. The van der Waals surface area contributed by atoms with E-state index in [1.165, 1.54) is 0 Å². The first-order valence-corrected chi connectivity index (χ1v) is 7.36. The minimum absolute atomic E-state index is 0.110. The molecule has 4 nitrogen and oxygen atoms in total. The Morgan fingerprint density at radius 3 is 2.85 bits per heavy atom. The first-order valence-electron chi connectivity index (χ1n) is 7.36. The zero-order valence-electron chi connectivity index (χ0n) is 12.1. The van der Waals surface area contributed by atoms with Crippen LogP contribution in [-0.4, -0.2) is 30.7 Å². The van der Waals surface area contributed by atoms with E-state index in [0.717, 1.165) is 50.0 Å². The Morgan fingerprint density at radius 2 is 2.15 bits per heavy atom. The molecule has 1 aromatic carbocycles. The highest BCUT2D eigenvalue weighted by molar-refractivity contribution is 5.95. The van der Waals surface area contributed by atoms with Crippen LogP contribution in [-0.2, 0) is 11.2 Å². The molecule has 0 atom stereocenters. The number of anilines is 1. The van der Waals surface area contributed by atoms with Crippen molar-refractivity contribution in [2.45, 2.75) is 32.6 Å². The van der Waals surface area contributed by atoms with Crippen LogP contribution in [0.2, 0.25) is 0 Å². The number of carbonyl (C=O) groups excluding carboxylic acids is 1. The Balaban J connectivity index is 2.00. The molecule has 1 aliphatic heterocycles. The van der Waals surface area contributed by atoms with Gasteiger partial charge in [-0.1, -0.05) is 19.1 Å². The molecule has 110 valence electrons. The van der Waals surface area contributed by atoms with Crippen LogP contribution >= 0.6 is 0 Å². The fourth-order valence-corrected chi connectivity index (χ4v) is 2.58. The number of benzene rings is 1. The second-order valence-corrected chi connectivity index (χ2v) is 5.79. The van der Waals surface area contributed by atoms with Gasteiger partial charge in [-0.05, 0) is 56.5 Å². The largest absolute Gasteiger partial charge is 0.396 e. The lowest BCUT2D eigenvalue weighted by Crippen LogP contribution is -2.42. The number of amides is 1.